The molecule has 1 aliphatic heterocycles. The van der Waals surface area contributed by atoms with Gasteiger partial charge in [-0.25, -0.2) is 0 Å². The van der Waals surface area contributed by atoms with Crippen LogP contribution in [0.5, 0.6) is 11.5 Å². The predicted molar refractivity (Wildman–Crippen MR) is 136 cm³/mol. The Hall–Kier alpha value is -4.47. The lowest BCUT2D eigenvalue weighted by Crippen LogP contribution is -2.38. The summed E-state index contributed by atoms with van der Waals surface area (Å²) in [5.41, 5.74) is 1.34. The molecule has 2 amide bonds. The third-order valence-corrected chi connectivity index (χ3v) is 6.00. The van der Waals surface area contributed by atoms with Crippen LogP contribution in [0.3, 0.4) is 0 Å². The van der Waals surface area contributed by atoms with Gasteiger partial charge in [-0.15, -0.1) is 0 Å². The number of ketones is 1. The van der Waals surface area contributed by atoms with Crippen molar-refractivity contribution in [3.8, 4) is 11.5 Å². The van der Waals surface area contributed by atoms with Crippen LogP contribution < -0.4 is 20.1 Å². The minimum Gasteiger partial charge on any atom is -0.497 e. The number of Topliss-reactive ketones (excluding diaryl/α,β-unsaturated/α-hetero) is 1. The molecule has 0 fully saturated rings. The van der Waals surface area contributed by atoms with Gasteiger partial charge in [0.15, 0.2) is 5.78 Å². The second kappa shape index (κ2) is 12.5. The molecule has 0 spiro atoms. The molecule has 2 aromatic rings. The number of nitrogens with one attached hydrogen (secondary N) is 2. The van der Waals surface area contributed by atoms with Crippen molar-refractivity contribution in [3.05, 3.63) is 71.4 Å². The van der Waals surface area contributed by atoms with Crippen molar-refractivity contribution in [1.82, 2.24) is 10.6 Å². The molecule has 1 atom stereocenters. The fourth-order valence-corrected chi connectivity index (χ4v) is 3.92. The molecule has 1 aliphatic rings. The number of aliphatic carboxylic acids is 1. The number of rotatable bonds is 10. The van der Waals surface area contributed by atoms with Crippen LogP contribution in [0, 0.1) is 5.92 Å². The molecule has 10 nitrogen and oxygen atoms in total. The van der Waals surface area contributed by atoms with E-state index in [0.717, 1.165) is 17.3 Å². The van der Waals surface area contributed by atoms with Crippen molar-refractivity contribution in [1.29, 1.82) is 0 Å². The SMILES string of the molecule is CCC1CC(=O)C(C(=O)NC(c2ccc(OC)cc2)c2ccc(OC)cc2)=CN=C1C(=O)NCC(=O)O. The van der Waals surface area contributed by atoms with Crippen molar-refractivity contribution in [2.75, 3.05) is 20.8 Å². The van der Waals surface area contributed by atoms with Crippen molar-refractivity contribution >= 4 is 29.3 Å². The molecule has 3 rings (SSSR count). The first kappa shape index (κ1) is 27.1. The number of carboxylic acids is 1. The second-order valence-corrected chi connectivity index (χ2v) is 8.32. The van der Waals surface area contributed by atoms with Crippen LogP contribution in [0.15, 0.2) is 65.3 Å². The quantitative estimate of drug-likeness (QED) is 0.419. The Labute approximate surface area is 214 Å². The molecule has 0 aromatic heterocycles. The highest BCUT2D eigenvalue weighted by Crippen LogP contribution is 2.27. The topological polar surface area (TPSA) is 143 Å². The standard InChI is InChI=1S/C27H29N3O7/c1-4-16-13-22(31)21(14-28-25(16)27(35)29-15-23(32)33)26(34)30-24(17-5-9-19(36-2)10-6-17)18-7-11-20(37-3)12-8-18/h5-12,14,16,24H,4,13,15H2,1-3H3,(H,29,35)(H,30,34)(H,32,33). The maximum Gasteiger partial charge on any atom is 0.322 e. The number of hydrogen-bond donors (Lipinski definition) is 3. The first-order chi connectivity index (χ1) is 17.8. The number of carbonyl (C=O) groups is 4. The van der Waals surface area contributed by atoms with E-state index in [1.165, 1.54) is 0 Å². The summed E-state index contributed by atoms with van der Waals surface area (Å²) >= 11 is 0. The summed E-state index contributed by atoms with van der Waals surface area (Å²) in [5, 5.41) is 14.0. The van der Waals surface area contributed by atoms with Gasteiger partial charge in [-0.05, 0) is 41.8 Å². The first-order valence-electron chi connectivity index (χ1n) is 11.7. The lowest BCUT2D eigenvalue weighted by Gasteiger charge is -2.21. The van der Waals surface area contributed by atoms with Gasteiger partial charge in [0, 0.05) is 18.5 Å². The van der Waals surface area contributed by atoms with E-state index < -0.39 is 42.1 Å². The van der Waals surface area contributed by atoms with Gasteiger partial charge in [-0.3, -0.25) is 24.2 Å². The maximum absolute atomic E-state index is 13.4. The number of aliphatic imine (C=N–C) groups is 1. The molecule has 3 N–H and O–H groups in total. The summed E-state index contributed by atoms with van der Waals surface area (Å²) in [6, 6.07) is 13.7. The van der Waals surface area contributed by atoms with Gasteiger partial charge < -0.3 is 25.2 Å². The molecular weight excluding hydrogens is 478 g/mol. The van der Waals surface area contributed by atoms with E-state index in [4.69, 9.17) is 14.6 Å². The van der Waals surface area contributed by atoms with Gasteiger partial charge in [0.2, 0.25) is 0 Å². The summed E-state index contributed by atoms with van der Waals surface area (Å²) < 4.78 is 10.5. The van der Waals surface area contributed by atoms with Crippen LogP contribution in [0.2, 0.25) is 0 Å². The Balaban J connectivity index is 1.92. The molecule has 1 heterocycles. The van der Waals surface area contributed by atoms with E-state index in [9.17, 15) is 19.2 Å². The molecule has 0 bridgehead atoms. The van der Waals surface area contributed by atoms with Gasteiger partial charge in [0.25, 0.3) is 11.8 Å². The fourth-order valence-electron chi connectivity index (χ4n) is 3.92. The summed E-state index contributed by atoms with van der Waals surface area (Å²) in [6.07, 6.45) is 1.39. The number of benzene rings is 2. The van der Waals surface area contributed by atoms with Crippen molar-refractivity contribution in [3.63, 3.8) is 0 Å². The number of carboxylic acid groups (broad SMARTS) is 1. The highest BCUT2D eigenvalue weighted by Gasteiger charge is 2.31. The Bertz CT molecular complexity index is 1170. The molecule has 2 aromatic carbocycles. The Kier molecular flexibility index (Phi) is 9.15. The van der Waals surface area contributed by atoms with Crippen LogP contribution in [-0.2, 0) is 19.2 Å². The average molecular weight is 508 g/mol. The average Bonchev–Trinajstić information content (AvgIpc) is 3.08. The number of carbonyl (C=O) groups excluding carboxylic acids is 3. The Morgan fingerprint density at radius 3 is 1.97 bits per heavy atom. The minimum atomic E-state index is -1.20. The monoisotopic (exact) mass is 507 g/mol. The van der Waals surface area contributed by atoms with E-state index in [2.05, 4.69) is 15.6 Å². The van der Waals surface area contributed by atoms with E-state index >= 15 is 0 Å². The molecule has 0 saturated carbocycles. The number of nitrogens with zero attached hydrogens (tertiary/aromatic N) is 1. The maximum atomic E-state index is 13.4. The van der Waals surface area contributed by atoms with Gasteiger partial charge in [-0.1, -0.05) is 31.2 Å². The smallest absolute Gasteiger partial charge is 0.322 e. The number of hydrogen-bond acceptors (Lipinski definition) is 7. The van der Waals surface area contributed by atoms with Crippen molar-refractivity contribution < 1.29 is 33.8 Å². The molecule has 10 heteroatoms. The highest BCUT2D eigenvalue weighted by molar-refractivity contribution is 6.41. The zero-order valence-electron chi connectivity index (χ0n) is 20.8. The summed E-state index contributed by atoms with van der Waals surface area (Å²) in [5.74, 6) is -2.25. The normalized spacial score (nSPS) is 15.2. The lowest BCUT2D eigenvalue weighted by molar-refractivity contribution is -0.137. The third kappa shape index (κ3) is 6.81. The summed E-state index contributed by atoms with van der Waals surface area (Å²) in [4.78, 5) is 53.8. The lowest BCUT2D eigenvalue weighted by atomic mass is 9.92. The highest BCUT2D eigenvalue weighted by atomic mass is 16.5. The summed E-state index contributed by atoms with van der Waals surface area (Å²) in [6.45, 7) is 1.21. The van der Waals surface area contributed by atoms with E-state index in [-0.39, 0.29) is 17.7 Å². The molecule has 194 valence electrons. The molecule has 37 heavy (non-hydrogen) atoms. The second-order valence-electron chi connectivity index (χ2n) is 8.32. The summed E-state index contributed by atoms with van der Waals surface area (Å²) in [7, 11) is 3.12. The Morgan fingerprint density at radius 1 is 0.973 bits per heavy atom. The number of amides is 2. The van der Waals surface area contributed by atoms with Crippen LogP contribution in [0.1, 0.15) is 36.9 Å². The predicted octanol–water partition coefficient (Wildman–Crippen LogP) is 2.43. The van der Waals surface area contributed by atoms with Gasteiger partial charge >= 0.3 is 5.97 Å². The van der Waals surface area contributed by atoms with Crippen LogP contribution in [0.25, 0.3) is 0 Å². The van der Waals surface area contributed by atoms with Crippen LogP contribution in [-0.4, -0.2) is 55.1 Å². The van der Waals surface area contributed by atoms with Gasteiger partial charge in [0.05, 0.1) is 20.3 Å². The largest absolute Gasteiger partial charge is 0.497 e. The first-order valence-corrected chi connectivity index (χ1v) is 11.7. The molecule has 1 unspecified atom stereocenters. The van der Waals surface area contributed by atoms with Crippen molar-refractivity contribution in [2.45, 2.75) is 25.8 Å². The van der Waals surface area contributed by atoms with E-state index in [1.54, 1.807) is 45.4 Å². The fraction of sp³-hybridized carbons (Fsp3) is 0.296. The molecular formula is C27H29N3O7. The van der Waals surface area contributed by atoms with E-state index in [0.29, 0.717) is 17.9 Å². The molecule has 0 aliphatic carbocycles. The van der Waals surface area contributed by atoms with Crippen LogP contribution >= 0.6 is 0 Å². The molecule has 0 radical (unpaired) electrons. The molecule has 0 saturated heterocycles. The zero-order chi connectivity index (χ0) is 26.9. The van der Waals surface area contributed by atoms with Gasteiger partial charge in [-0.2, -0.15) is 0 Å². The number of methoxy groups -OCH3 is 2. The van der Waals surface area contributed by atoms with Gasteiger partial charge in [0.1, 0.15) is 29.3 Å². The number of ether oxygens (including phenoxy) is 2. The van der Waals surface area contributed by atoms with E-state index in [1.807, 2.05) is 24.3 Å². The minimum absolute atomic E-state index is 0.0155. The van der Waals surface area contributed by atoms with Crippen LogP contribution in [0.4, 0.5) is 0 Å². The Morgan fingerprint density at radius 2 is 1.51 bits per heavy atom. The zero-order valence-corrected chi connectivity index (χ0v) is 20.8. The third-order valence-electron chi connectivity index (χ3n) is 6.00. The van der Waals surface area contributed by atoms with Crippen molar-refractivity contribution in [2.24, 2.45) is 10.9 Å².